The minimum Gasteiger partial charge on any atom is -0.368 e. The Bertz CT molecular complexity index is 569. The summed E-state index contributed by atoms with van der Waals surface area (Å²) in [5.74, 6) is 0.744. The maximum absolute atomic E-state index is 6.02. The number of aryl methyl sites for hydroxylation is 2. The van der Waals surface area contributed by atoms with Crippen molar-refractivity contribution in [2.45, 2.75) is 26.8 Å². The summed E-state index contributed by atoms with van der Waals surface area (Å²) in [4.78, 5) is 13.5. The lowest BCUT2D eigenvalue weighted by molar-refractivity contribution is 0.878. The van der Waals surface area contributed by atoms with E-state index in [0.717, 1.165) is 10.7 Å². The highest BCUT2D eigenvalue weighted by molar-refractivity contribution is 7.11. The van der Waals surface area contributed by atoms with Crippen LogP contribution >= 0.6 is 22.9 Å². The van der Waals surface area contributed by atoms with E-state index < -0.39 is 0 Å². The molecule has 0 saturated heterocycles. The fourth-order valence-electron chi connectivity index (χ4n) is 1.70. The molecule has 0 saturated carbocycles. The maximum atomic E-state index is 6.02. The van der Waals surface area contributed by atoms with Crippen molar-refractivity contribution in [1.29, 1.82) is 0 Å². The molecular formula is C11H14ClN5S. The number of nitrogens with two attached hydrogens (primary N) is 1. The minimum atomic E-state index is 0.0722. The first-order valence-electron chi connectivity index (χ1n) is 5.46. The topological polar surface area (TPSA) is 76.7 Å². The van der Waals surface area contributed by atoms with Crippen LogP contribution in [0.4, 0.5) is 11.8 Å². The summed E-state index contributed by atoms with van der Waals surface area (Å²) < 4.78 is 0. The Morgan fingerprint density at radius 2 is 2.11 bits per heavy atom. The van der Waals surface area contributed by atoms with Gasteiger partial charge in [0.25, 0.3) is 0 Å². The summed E-state index contributed by atoms with van der Waals surface area (Å²) in [6.07, 6.45) is 1.49. The first-order chi connectivity index (χ1) is 8.47. The Morgan fingerprint density at radius 1 is 1.39 bits per heavy atom. The van der Waals surface area contributed by atoms with Crippen LogP contribution < -0.4 is 11.1 Å². The van der Waals surface area contributed by atoms with E-state index in [1.807, 2.05) is 20.8 Å². The van der Waals surface area contributed by atoms with Crippen LogP contribution in [0.2, 0.25) is 5.02 Å². The lowest BCUT2D eigenvalue weighted by atomic mass is 10.2. The van der Waals surface area contributed by atoms with E-state index in [9.17, 15) is 0 Å². The van der Waals surface area contributed by atoms with Gasteiger partial charge in [-0.1, -0.05) is 11.6 Å². The molecule has 3 N–H and O–H groups in total. The van der Waals surface area contributed by atoms with Crippen LogP contribution in [0.3, 0.4) is 0 Å². The summed E-state index contributed by atoms with van der Waals surface area (Å²) in [6, 6.07) is 0.0722. The molecule has 1 atom stereocenters. The SMILES string of the molecule is Cc1nc(C)c(C(C)Nc2nc(N)ncc2Cl)s1. The van der Waals surface area contributed by atoms with E-state index in [-0.39, 0.29) is 12.0 Å². The van der Waals surface area contributed by atoms with Gasteiger partial charge in [0.05, 0.1) is 22.9 Å². The van der Waals surface area contributed by atoms with Crippen molar-refractivity contribution in [3.05, 3.63) is 26.8 Å². The fraction of sp³-hybridized carbons (Fsp3) is 0.364. The minimum absolute atomic E-state index is 0.0722. The van der Waals surface area contributed by atoms with Crippen molar-refractivity contribution in [2.75, 3.05) is 11.1 Å². The highest BCUT2D eigenvalue weighted by Crippen LogP contribution is 2.29. The third-order valence-electron chi connectivity index (χ3n) is 2.45. The van der Waals surface area contributed by atoms with E-state index in [2.05, 4.69) is 20.3 Å². The molecule has 0 spiro atoms. The fourth-order valence-corrected chi connectivity index (χ4v) is 2.78. The summed E-state index contributed by atoms with van der Waals surface area (Å²) >= 11 is 7.68. The van der Waals surface area contributed by atoms with Gasteiger partial charge in [-0.3, -0.25) is 0 Å². The molecule has 0 aliphatic heterocycles. The molecule has 1 unspecified atom stereocenters. The van der Waals surface area contributed by atoms with E-state index in [1.165, 1.54) is 11.1 Å². The molecule has 0 bridgehead atoms. The van der Waals surface area contributed by atoms with E-state index in [1.54, 1.807) is 11.3 Å². The van der Waals surface area contributed by atoms with E-state index in [0.29, 0.717) is 10.8 Å². The van der Waals surface area contributed by atoms with Gasteiger partial charge >= 0.3 is 0 Å². The number of anilines is 2. The number of aromatic nitrogens is 3. The number of thiazole rings is 1. The quantitative estimate of drug-likeness (QED) is 0.905. The molecule has 0 amide bonds. The summed E-state index contributed by atoms with van der Waals surface area (Å²) in [5.41, 5.74) is 6.57. The second kappa shape index (κ2) is 5.07. The van der Waals surface area contributed by atoms with Crippen molar-refractivity contribution < 1.29 is 0 Å². The molecule has 5 nitrogen and oxygen atoms in total. The van der Waals surface area contributed by atoms with Gasteiger partial charge in [-0.2, -0.15) is 4.98 Å². The number of halogens is 1. The van der Waals surface area contributed by atoms with Crippen molar-refractivity contribution in [3.8, 4) is 0 Å². The molecule has 0 fully saturated rings. The van der Waals surface area contributed by atoms with Crippen LogP contribution in [-0.4, -0.2) is 15.0 Å². The van der Waals surface area contributed by atoms with Gasteiger partial charge in [-0.05, 0) is 20.8 Å². The van der Waals surface area contributed by atoms with Crippen LogP contribution in [0.15, 0.2) is 6.20 Å². The van der Waals surface area contributed by atoms with Gasteiger partial charge in [0.1, 0.15) is 5.02 Å². The van der Waals surface area contributed by atoms with Gasteiger partial charge < -0.3 is 11.1 Å². The highest BCUT2D eigenvalue weighted by Gasteiger charge is 2.15. The predicted octanol–water partition coefficient (Wildman–Crippen LogP) is 2.96. The zero-order chi connectivity index (χ0) is 13.3. The molecule has 18 heavy (non-hydrogen) atoms. The normalized spacial score (nSPS) is 12.4. The van der Waals surface area contributed by atoms with Crippen molar-refractivity contribution in [1.82, 2.24) is 15.0 Å². The standard InChI is InChI=1S/C11H14ClN5S/c1-5-9(18-7(3)15-5)6(2)16-10-8(12)4-14-11(13)17-10/h4,6H,1-3H3,(H3,13,14,16,17). The molecule has 2 aromatic heterocycles. The number of nitrogens with one attached hydrogen (secondary N) is 1. The molecule has 2 heterocycles. The molecule has 0 aliphatic rings. The van der Waals surface area contributed by atoms with Crippen LogP contribution in [-0.2, 0) is 0 Å². The molecule has 0 radical (unpaired) electrons. The van der Waals surface area contributed by atoms with Gasteiger partial charge in [-0.15, -0.1) is 11.3 Å². The molecule has 96 valence electrons. The second-order valence-corrected chi connectivity index (χ2v) is 5.62. The Kier molecular flexibility index (Phi) is 3.68. The number of nitrogens with zero attached hydrogens (tertiary/aromatic N) is 3. The first-order valence-corrected chi connectivity index (χ1v) is 6.65. The third kappa shape index (κ3) is 2.70. The summed E-state index contributed by atoms with van der Waals surface area (Å²) in [6.45, 7) is 6.02. The average Bonchev–Trinajstić information content (AvgIpc) is 2.63. The molecule has 2 aromatic rings. The monoisotopic (exact) mass is 283 g/mol. The van der Waals surface area contributed by atoms with Crippen LogP contribution in [0.1, 0.15) is 28.5 Å². The Morgan fingerprint density at radius 3 is 2.72 bits per heavy atom. The molecule has 0 aliphatic carbocycles. The zero-order valence-corrected chi connectivity index (χ0v) is 11.9. The predicted molar refractivity (Wildman–Crippen MR) is 75.1 cm³/mol. The average molecular weight is 284 g/mol. The van der Waals surface area contributed by atoms with Gasteiger partial charge in [0, 0.05) is 4.88 Å². The van der Waals surface area contributed by atoms with Crippen molar-refractivity contribution in [3.63, 3.8) is 0 Å². The van der Waals surface area contributed by atoms with Crippen molar-refractivity contribution >= 4 is 34.7 Å². The third-order valence-corrected chi connectivity index (χ3v) is 3.98. The smallest absolute Gasteiger partial charge is 0.222 e. The largest absolute Gasteiger partial charge is 0.368 e. The second-order valence-electron chi connectivity index (χ2n) is 3.97. The molecule has 2 rings (SSSR count). The lowest BCUT2D eigenvalue weighted by Gasteiger charge is -2.14. The Labute approximate surface area is 114 Å². The number of hydrogen-bond acceptors (Lipinski definition) is 6. The maximum Gasteiger partial charge on any atom is 0.222 e. The van der Waals surface area contributed by atoms with Gasteiger partial charge in [0.15, 0.2) is 5.82 Å². The Balaban J connectivity index is 2.23. The molecule has 0 aromatic carbocycles. The van der Waals surface area contributed by atoms with Crippen LogP contribution in [0.25, 0.3) is 0 Å². The zero-order valence-electron chi connectivity index (χ0n) is 10.4. The molecular weight excluding hydrogens is 270 g/mol. The van der Waals surface area contributed by atoms with Crippen LogP contribution in [0.5, 0.6) is 0 Å². The van der Waals surface area contributed by atoms with Gasteiger partial charge in [0.2, 0.25) is 5.95 Å². The lowest BCUT2D eigenvalue weighted by Crippen LogP contribution is -2.09. The summed E-state index contributed by atoms with van der Waals surface area (Å²) in [7, 11) is 0. The molecule has 7 heteroatoms. The Hall–Kier alpha value is -1.40. The van der Waals surface area contributed by atoms with Crippen molar-refractivity contribution in [2.24, 2.45) is 0 Å². The van der Waals surface area contributed by atoms with E-state index in [4.69, 9.17) is 17.3 Å². The summed E-state index contributed by atoms with van der Waals surface area (Å²) in [5, 5.41) is 4.73. The van der Waals surface area contributed by atoms with Crippen LogP contribution in [0, 0.1) is 13.8 Å². The highest BCUT2D eigenvalue weighted by atomic mass is 35.5. The van der Waals surface area contributed by atoms with Gasteiger partial charge in [-0.25, -0.2) is 9.97 Å². The van der Waals surface area contributed by atoms with E-state index >= 15 is 0 Å². The number of hydrogen-bond donors (Lipinski definition) is 2. The number of rotatable bonds is 3. The first kappa shape index (κ1) is 13.0. The number of nitrogen functional groups attached to an aromatic ring is 1.